The lowest BCUT2D eigenvalue weighted by Gasteiger charge is -2.21. The number of imidazole rings is 1. The number of rotatable bonds is 6. The zero-order valence-electron chi connectivity index (χ0n) is 18.6. The van der Waals surface area contributed by atoms with Gasteiger partial charge in [0.2, 0.25) is 11.9 Å². The van der Waals surface area contributed by atoms with Crippen molar-refractivity contribution in [2.45, 2.75) is 18.9 Å². The number of carboxylic acids is 1. The highest BCUT2D eigenvalue weighted by Crippen LogP contribution is 2.31. The third-order valence-electron chi connectivity index (χ3n) is 5.97. The fraction of sp³-hybridized carbons (Fsp3) is 0.261. The molecule has 1 unspecified atom stereocenters. The molecular weight excluding hydrogens is 492 g/mol. The van der Waals surface area contributed by atoms with Crippen LogP contribution in [0.1, 0.15) is 23.2 Å². The van der Waals surface area contributed by atoms with Crippen LogP contribution < -0.4 is 10.6 Å². The van der Waals surface area contributed by atoms with Crippen molar-refractivity contribution in [2.75, 3.05) is 18.4 Å². The minimum absolute atomic E-state index is 0.267. The Labute approximate surface area is 208 Å². The third-order valence-corrected chi connectivity index (χ3v) is 7.14. The van der Waals surface area contributed by atoms with Crippen molar-refractivity contribution in [3.05, 3.63) is 47.0 Å². The van der Waals surface area contributed by atoms with Gasteiger partial charge < -0.3 is 25.2 Å². The maximum absolute atomic E-state index is 12.7. The van der Waals surface area contributed by atoms with Gasteiger partial charge in [0.25, 0.3) is 5.91 Å². The van der Waals surface area contributed by atoms with E-state index >= 15 is 0 Å². The number of aryl methyl sites for hydroxylation is 1. The number of aliphatic carboxylic acids is 1. The molecule has 3 N–H and O–H groups in total. The van der Waals surface area contributed by atoms with Crippen molar-refractivity contribution in [3.8, 4) is 0 Å². The zero-order chi connectivity index (χ0) is 24.7. The highest BCUT2D eigenvalue weighted by atomic mass is 35.5. The van der Waals surface area contributed by atoms with E-state index in [4.69, 9.17) is 11.6 Å². The SMILES string of the molecule is Cn1c(Nc2nc3ccc(Cl)cc3s2)nc2cc(C(=O)NCC(=O)N3CCCC3C(=O)O)ccc21. The van der Waals surface area contributed by atoms with Crippen molar-refractivity contribution < 1.29 is 19.5 Å². The number of nitrogens with one attached hydrogen (secondary N) is 2. The topological polar surface area (TPSA) is 129 Å². The molecule has 5 rings (SSSR count). The lowest BCUT2D eigenvalue weighted by atomic mass is 10.2. The van der Waals surface area contributed by atoms with E-state index in [1.165, 1.54) is 16.2 Å². The van der Waals surface area contributed by atoms with Gasteiger partial charge in [0.05, 0.1) is 27.8 Å². The number of fused-ring (bicyclic) bond motifs is 2. The van der Waals surface area contributed by atoms with Crippen LogP contribution in [0, 0.1) is 0 Å². The largest absolute Gasteiger partial charge is 0.480 e. The number of carboxylic acid groups (broad SMARTS) is 1. The second-order valence-electron chi connectivity index (χ2n) is 8.22. The molecule has 1 aliphatic rings. The van der Waals surface area contributed by atoms with E-state index in [0.29, 0.717) is 46.6 Å². The van der Waals surface area contributed by atoms with Gasteiger partial charge >= 0.3 is 5.97 Å². The van der Waals surface area contributed by atoms with Gasteiger partial charge in [-0.2, -0.15) is 0 Å². The number of hydrogen-bond acceptors (Lipinski definition) is 7. The summed E-state index contributed by atoms with van der Waals surface area (Å²) >= 11 is 7.52. The molecule has 0 bridgehead atoms. The monoisotopic (exact) mass is 512 g/mol. The number of amides is 2. The summed E-state index contributed by atoms with van der Waals surface area (Å²) in [7, 11) is 1.86. The van der Waals surface area contributed by atoms with Crippen molar-refractivity contribution in [1.82, 2.24) is 24.8 Å². The number of halogens is 1. The van der Waals surface area contributed by atoms with Gasteiger partial charge in [0.1, 0.15) is 6.04 Å². The maximum atomic E-state index is 12.7. The van der Waals surface area contributed by atoms with Gasteiger partial charge in [-0.15, -0.1) is 0 Å². The van der Waals surface area contributed by atoms with Crippen molar-refractivity contribution in [1.29, 1.82) is 0 Å². The molecule has 4 aromatic rings. The summed E-state index contributed by atoms with van der Waals surface area (Å²) in [5.74, 6) is -1.31. The summed E-state index contributed by atoms with van der Waals surface area (Å²) in [5, 5.41) is 16.4. The first kappa shape index (κ1) is 23.1. The minimum atomic E-state index is -1.03. The van der Waals surface area contributed by atoms with Crippen LogP contribution in [-0.2, 0) is 16.6 Å². The highest BCUT2D eigenvalue weighted by Gasteiger charge is 2.33. The number of aromatic nitrogens is 3. The molecule has 180 valence electrons. The fourth-order valence-corrected chi connectivity index (χ4v) is 5.32. The van der Waals surface area contributed by atoms with E-state index in [0.717, 1.165) is 15.7 Å². The predicted molar refractivity (Wildman–Crippen MR) is 133 cm³/mol. The standard InChI is InChI=1S/C23H21ClN6O4S/c1-29-16-7-4-12(20(32)25-11-19(31)30-8-2-3-17(30)21(33)34)9-15(16)26-22(29)28-23-27-14-6-5-13(24)10-18(14)35-23/h4-7,9-10,17H,2-3,8,11H2,1H3,(H,25,32)(H,33,34)(H,26,27,28). The van der Waals surface area contributed by atoms with E-state index in [9.17, 15) is 19.5 Å². The lowest BCUT2D eigenvalue weighted by molar-refractivity contribution is -0.147. The second kappa shape index (κ2) is 9.16. The van der Waals surface area contributed by atoms with Gasteiger partial charge in [-0.1, -0.05) is 22.9 Å². The molecule has 2 amide bonds. The molecule has 1 atom stereocenters. The molecule has 3 heterocycles. The van der Waals surface area contributed by atoms with Crippen LogP contribution in [0.2, 0.25) is 5.02 Å². The minimum Gasteiger partial charge on any atom is -0.480 e. The summed E-state index contributed by atoms with van der Waals surface area (Å²) in [6.45, 7) is 0.111. The molecule has 12 heteroatoms. The molecule has 0 saturated carbocycles. The third kappa shape index (κ3) is 4.52. The molecule has 2 aromatic carbocycles. The van der Waals surface area contributed by atoms with Gasteiger partial charge in [-0.05, 0) is 49.2 Å². The Morgan fingerprint density at radius 2 is 2.00 bits per heavy atom. The average molecular weight is 513 g/mol. The van der Waals surface area contributed by atoms with Crippen molar-refractivity contribution >= 4 is 73.1 Å². The van der Waals surface area contributed by atoms with Gasteiger partial charge in [0, 0.05) is 24.2 Å². The molecule has 1 saturated heterocycles. The van der Waals surface area contributed by atoms with E-state index in [-0.39, 0.29) is 6.54 Å². The van der Waals surface area contributed by atoms with E-state index < -0.39 is 23.8 Å². The van der Waals surface area contributed by atoms with Crippen LogP contribution in [0.4, 0.5) is 11.1 Å². The summed E-state index contributed by atoms with van der Waals surface area (Å²) < 4.78 is 2.81. The fourth-order valence-electron chi connectivity index (χ4n) is 4.18. The Bertz CT molecular complexity index is 1480. The van der Waals surface area contributed by atoms with Gasteiger partial charge in [-0.3, -0.25) is 9.59 Å². The van der Waals surface area contributed by atoms with Crippen LogP contribution in [0.5, 0.6) is 0 Å². The Kier molecular flexibility index (Phi) is 6.03. The first-order valence-electron chi connectivity index (χ1n) is 10.9. The number of thiazole rings is 1. The normalized spacial score (nSPS) is 15.6. The molecule has 0 radical (unpaired) electrons. The van der Waals surface area contributed by atoms with Crippen LogP contribution in [0.25, 0.3) is 21.3 Å². The van der Waals surface area contributed by atoms with E-state index in [1.54, 1.807) is 24.3 Å². The smallest absolute Gasteiger partial charge is 0.326 e. The maximum Gasteiger partial charge on any atom is 0.326 e. The van der Waals surface area contributed by atoms with Crippen LogP contribution >= 0.6 is 22.9 Å². The summed E-state index contributed by atoms with van der Waals surface area (Å²) in [6.07, 6.45) is 1.06. The van der Waals surface area contributed by atoms with Crippen molar-refractivity contribution in [3.63, 3.8) is 0 Å². The van der Waals surface area contributed by atoms with Gasteiger partial charge in [-0.25, -0.2) is 14.8 Å². The Balaban J connectivity index is 1.29. The zero-order valence-corrected chi connectivity index (χ0v) is 20.2. The number of benzene rings is 2. The molecular formula is C23H21ClN6O4S. The Morgan fingerprint density at radius 1 is 1.17 bits per heavy atom. The van der Waals surface area contributed by atoms with Crippen LogP contribution in [-0.4, -0.2) is 61.5 Å². The molecule has 0 aliphatic carbocycles. The number of likely N-dealkylation sites (tertiary alicyclic amines) is 1. The summed E-state index contributed by atoms with van der Waals surface area (Å²) in [4.78, 5) is 46.8. The first-order chi connectivity index (χ1) is 16.8. The second-order valence-corrected chi connectivity index (χ2v) is 9.69. The highest BCUT2D eigenvalue weighted by molar-refractivity contribution is 7.22. The summed E-state index contributed by atoms with van der Waals surface area (Å²) in [6, 6.07) is 9.76. The molecule has 1 fully saturated rings. The molecule has 1 aliphatic heterocycles. The van der Waals surface area contributed by atoms with E-state index in [1.807, 2.05) is 23.7 Å². The molecule has 35 heavy (non-hydrogen) atoms. The van der Waals surface area contributed by atoms with Crippen molar-refractivity contribution in [2.24, 2.45) is 7.05 Å². The first-order valence-corrected chi connectivity index (χ1v) is 12.1. The number of hydrogen-bond donors (Lipinski definition) is 3. The molecule has 0 spiro atoms. The van der Waals surface area contributed by atoms with Crippen LogP contribution in [0.15, 0.2) is 36.4 Å². The Morgan fingerprint density at radius 3 is 2.80 bits per heavy atom. The number of carbonyl (C=O) groups excluding carboxylic acids is 2. The number of carbonyl (C=O) groups is 3. The quantitative estimate of drug-likeness (QED) is 0.361. The molecule has 2 aromatic heterocycles. The van der Waals surface area contributed by atoms with E-state index in [2.05, 4.69) is 20.6 Å². The molecule has 10 nitrogen and oxygen atoms in total. The number of nitrogens with zero attached hydrogens (tertiary/aromatic N) is 4. The Hall–Kier alpha value is -3.70. The van der Waals surface area contributed by atoms with Gasteiger partial charge in [0.15, 0.2) is 5.13 Å². The average Bonchev–Trinajstić information content (AvgIpc) is 3.54. The predicted octanol–water partition coefficient (Wildman–Crippen LogP) is 3.39. The van der Waals surface area contributed by atoms with Crippen LogP contribution in [0.3, 0.4) is 0 Å². The number of anilines is 2. The summed E-state index contributed by atoms with van der Waals surface area (Å²) in [5.41, 5.74) is 2.59. The lowest BCUT2D eigenvalue weighted by Crippen LogP contribution is -2.45.